The zero-order valence-corrected chi connectivity index (χ0v) is 23.1. The van der Waals surface area contributed by atoms with Crippen LogP contribution in [0.5, 0.6) is 0 Å². The van der Waals surface area contributed by atoms with Crippen molar-refractivity contribution in [3.05, 3.63) is 126 Å². The highest BCUT2D eigenvalue weighted by Crippen LogP contribution is 2.46. The second-order valence-electron chi connectivity index (χ2n) is 9.25. The third-order valence-electron chi connectivity index (χ3n) is 6.71. The molecule has 178 valence electrons. The van der Waals surface area contributed by atoms with E-state index in [-0.39, 0.29) is 23.8 Å². The fourth-order valence-electron chi connectivity index (χ4n) is 4.96. The van der Waals surface area contributed by atoms with Gasteiger partial charge in [-0.3, -0.25) is 0 Å². The first-order valence-corrected chi connectivity index (χ1v) is 17.9. The highest BCUT2D eigenvalue weighted by atomic mass is 31.1. The SMILES string of the molecule is [c-]1c2cccc1CP(c1ccccc1)CCCP(c1ccccc1)CCCP(c1ccccc1)C2. The second kappa shape index (κ2) is 12.9. The monoisotopic (exact) mass is 511 g/mol. The molecule has 1 aliphatic heterocycles. The Kier molecular flexibility index (Phi) is 9.18. The molecule has 2 bridgehead atoms. The van der Waals surface area contributed by atoms with Crippen molar-refractivity contribution in [1.29, 1.82) is 0 Å². The molecule has 2 unspecified atom stereocenters. The van der Waals surface area contributed by atoms with Crippen molar-refractivity contribution < 1.29 is 0 Å². The van der Waals surface area contributed by atoms with Crippen molar-refractivity contribution >= 4 is 39.7 Å². The van der Waals surface area contributed by atoms with Gasteiger partial charge in [0.15, 0.2) is 0 Å². The number of fused-ring (bicyclic) bond motifs is 2. The molecule has 0 aliphatic carbocycles. The van der Waals surface area contributed by atoms with Crippen molar-refractivity contribution in [2.75, 3.05) is 24.6 Å². The molecule has 1 heterocycles. The first kappa shape index (κ1) is 24.8. The van der Waals surface area contributed by atoms with Gasteiger partial charge in [0.25, 0.3) is 0 Å². The van der Waals surface area contributed by atoms with Gasteiger partial charge in [0.05, 0.1) is 0 Å². The van der Waals surface area contributed by atoms with Crippen LogP contribution in [0.1, 0.15) is 24.0 Å². The molecule has 3 heteroatoms. The minimum atomic E-state index is -0.211. The number of rotatable bonds is 3. The van der Waals surface area contributed by atoms with Gasteiger partial charge in [0.1, 0.15) is 0 Å². The van der Waals surface area contributed by atoms with Crippen molar-refractivity contribution in [2.24, 2.45) is 0 Å². The van der Waals surface area contributed by atoms with E-state index < -0.39 is 0 Å². The molecule has 0 saturated heterocycles. The topological polar surface area (TPSA) is 0 Å². The van der Waals surface area contributed by atoms with E-state index in [1.807, 2.05) is 0 Å². The van der Waals surface area contributed by atoms with Crippen molar-refractivity contribution in [3.8, 4) is 0 Å². The Morgan fingerprint density at radius 2 is 0.771 bits per heavy atom. The van der Waals surface area contributed by atoms with Gasteiger partial charge in [-0.2, -0.15) is 35.4 Å². The van der Waals surface area contributed by atoms with E-state index in [1.54, 1.807) is 15.9 Å². The van der Waals surface area contributed by atoms with E-state index in [0.717, 1.165) is 12.3 Å². The molecular formula is C32H34P3-. The van der Waals surface area contributed by atoms with Crippen LogP contribution >= 0.6 is 23.8 Å². The van der Waals surface area contributed by atoms with Crippen LogP contribution < -0.4 is 15.9 Å². The summed E-state index contributed by atoms with van der Waals surface area (Å²) < 4.78 is 0. The summed E-state index contributed by atoms with van der Waals surface area (Å²) in [5, 5.41) is 4.69. The third kappa shape index (κ3) is 7.11. The quantitative estimate of drug-likeness (QED) is 0.195. The predicted octanol–water partition coefficient (Wildman–Crippen LogP) is 7.70. The Morgan fingerprint density at radius 1 is 0.400 bits per heavy atom. The van der Waals surface area contributed by atoms with Crippen molar-refractivity contribution in [1.82, 2.24) is 0 Å². The molecule has 4 aromatic rings. The lowest BCUT2D eigenvalue weighted by Gasteiger charge is -2.27. The summed E-state index contributed by atoms with van der Waals surface area (Å²) in [6.45, 7) is 0. The van der Waals surface area contributed by atoms with Gasteiger partial charge < -0.3 is 0 Å². The summed E-state index contributed by atoms with van der Waals surface area (Å²) in [5.74, 6) is 0. The maximum Gasteiger partial charge on any atom is -0.0238 e. The molecular weight excluding hydrogens is 477 g/mol. The molecule has 0 amide bonds. The van der Waals surface area contributed by atoms with E-state index in [4.69, 9.17) is 0 Å². The van der Waals surface area contributed by atoms with Crippen LogP contribution in [-0.4, -0.2) is 24.6 Å². The summed E-state index contributed by atoms with van der Waals surface area (Å²) in [4.78, 5) is 0. The third-order valence-corrected chi connectivity index (χ3v) is 14.7. The zero-order valence-electron chi connectivity index (χ0n) is 20.4. The molecule has 0 spiro atoms. The van der Waals surface area contributed by atoms with Gasteiger partial charge >= 0.3 is 0 Å². The van der Waals surface area contributed by atoms with E-state index >= 15 is 0 Å². The average Bonchev–Trinajstić information content (AvgIpc) is 2.92. The maximum atomic E-state index is 3.87. The molecule has 0 saturated carbocycles. The Balaban J connectivity index is 1.45. The normalized spacial score (nSPS) is 21.7. The predicted molar refractivity (Wildman–Crippen MR) is 160 cm³/mol. The number of hydrogen-bond acceptors (Lipinski definition) is 0. The summed E-state index contributed by atoms with van der Waals surface area (Å²) in [6, 6.07) is 44.8. The number of benzene rings is 4. The summed E-state index contributed by atoms with van der Waals surface area (Å²) in [5.41, 5.74) is 2.81. The summed E-state index contributed by atoms with van der Waals surface area (Å²) in [6.07, 6.45) is 10.3. The van der Waals surface area contributed by atoms with Crippen molar-refractivity contribution in [3.63, 3.8) is 0 Å². The fraction of sp³-hybridized carbons (Fsp3) is 0.250. The largest absolute Gasteiger partial charge is 0.176 e. The van der Waals surface area contributed by atoms with Crippen LogP contribution in [0.25, 0.3) is 0 Å². The summed E-state index contributed by atoms with van der Waals surface area (Å²) >= 11 is 0. The lowest BCUT2D eigenvalue weighted by atomic mass is 10.2. The molecule has 5 rings (SSSR count). The Hall–Kier alpha value is -1.83. The minimum Gasteiger partial charge on any atom is -0.176 e. The van der Waals surface area contributed by atoms with Crippen LogP contribution in [0.3, 0.4) is 0 Å². The first-order valence-electron chi connectivity index (χ1n) is 12.8. The Morgan fingerprint density at radius 3 is 1.20 bits per heavy atom. The molecule has 4 aromatic carbocycles. The second-order valence-corrected chi connectivity index (χ2v) is 16.5. The molecule has 0 fully saturated rings. The van der Waals surface area contributed by atoms with Gasteiger partial charge in [-0.05, 0) is 65.7 Å². The maximum absolute atomic E-state index is 3.87. The number of hydrogen-bond donors (Lipinski definition) is 0. The minimum absolute atomic E-state index is 0.0932. The van der Waals surface area contributed by atoms with Crippen LogP contribution in [0.2, 0.25) is 0 Å². The first-order chi connectivity index (χ1) is 17.3. The smallest absolute Gasteiger partial charge is 0.0238 e. The molecule has 35 heavy (non-hydrogen) atoms. The van der Waals surface area contributed by atoms with E-state index in [9.17, 15) is 0 Å². The molecule has 0 N–H and O–H groups in total. The Bertz CT molecular complexity index is 1090. The lowest BCUT2D eigenvalue weighted by Crippen LogP contribution is -2.12. The van der Waals surface area contributed by atoms with Crippen LogP contribution in [-0.2, 0) is 12.3 Å². The molecule has 0 aromatic heterocycles. The average molecular weight is 512 g/mol. The highest BCUT2D eigenvalue weighted by Gasteiger charge is 2.17. The highest BCUT2D eigenvalue weighted by molar-refractivity contribution is 7.66. The van der Waals surface area contributed by atoms with Gasteiger partial charge in [-0.1, -0.05) is 115 Å². The standard InChI is InChI=1S/C32H34P3/c1-4-15-30(16-5-1)33-21-11-23-34(31-17-6-2-7-18-31)26-28-13-10-14-29(25-28)27-35(24-12-22-33)32-19-8-3-9-20-32/h1-10,13-20H,11-12,21-24,26-27H2/q-1. The van der Waals surface area contributed by atoms with E-state index in [2.05, 4.69) is 115 Å². The van der Waals surface area contributed by atoms with E-state index in [0.29, 0.717) is 0 Å². The van der Waals surface area contributed by atoms with Crippen molar-refractivity contribution in [2.45, 2.75) is 25.2 Å². The molecule has 0 nitrogen and oxygen atoms in total. The Labute approximate surface area is 215 Å². The van der Waals surface area contributed by atoms with Crippen LogP contribution in [0.15, 0.2) is 109 Å². The molecule has 1 aliphatic rings. The zero-order chi connectivity index (χ0) is 23.7. The van der Waals surface area contributed by atoms with Crippen LogP contribution in [0.4, 0.5) is 0 Å². The van der Waals surface area contributed by atoms with Gasteiger partial charge in [0, 0.05) is 0 Å². The van der Waals surface area contributed by atoms with Gasteiger partial charge in [-0.15, -0.1) is 0 Å². The fourth-order valence-corrected chi connectivity index (χ4v) is 12.5. The van der Waals surface area contributed by atoms with E-state index in [1.165, 1.54) is 48.6 Å². The van der Waals surface area contributed by atoms with Gasteiger partial charge in [0.2, 0.25) is 0 Å². The molecule has 2 atom stereocenters. The summed E-state index contributed by atoms with van der Waals surface area (Å²) in [7, 11) is -0.515. The van der Waals surface area contributed by atoms with Gasteiger partial charge in [-0.25, -0.2) is 0 Å². The lowest BCUT2D eigenvalue weighted by molar-refractivity contribution is 1.06. The molecule has 0 radical (unpaired) electrons. The van der Waals surface area contributed by atoms with Crippen LogP contribution in [0, 0.1) is 6.07 Å².